The monoisotopic (exact) mass is 699 g/mol. The average Bonchev–Trinajstić information content (AvgIpc) is 3.65. The maximum atomic E-state index is 5.28. The zero-order valence-corrected chi connectivity index (χ0v) is 31.0. The number of fused-ring (bicyclic) bond motifs is 6. The summed E-state index contributed by atoms with van der Waals surface area (Å²) < 4.78 is 2.36. The molecule has 0 amide bonds. The smallest absolute Gasteiger partial charge is 0.178 e. The Morgan fingerprint density at radius 3 is 2.22 bits per heavy atom. The van der Waals surface area contributed by atoms with Crippen LogP contribution in [0.3, 0.4) is 0 Å². The van der Waals surface area contributed by atoms with Crippen molar-refractivity contribution in [2.75, 3.05) is 7.05 Å². The van der Waals surface area contributed by atoms with Gasteiger partial charge in [0.2, 0.25) is 0 Å². The van der Waals surface area contributed by atoms with Crippen molar-refractivity contribution >= 4 is 33.5 Å². The minimum absolute atomic E-state index is 0.0920. The van der Waals surface area contributed by atoms with E-state index in [0.29, 0.717) is 11.8 Å². The second kappa shape index (κ2) is 12.4. The van der Waals surface area contributed by atoms with E-state index in [0.717, 1.165) is 29.2 Å². The fourth-order valence-electron chi connectivity index (χ4n) is 8.85. The van der Waals surface area contributed by atoms with E-state index >= 15 is 0 Å². The molecule has 262 valence electrons. The van der Waals surface area contributed by atoms with Crippen LogP contribution in [0.4, 0.5) is 0 Å². The molecule has 0 spiro atoms. The lowest BCUT2D eigenvalue weighted by molar-refractivity contribution is 0.399. The number of hydrogen-bond donors (Lipinski definition) is 0. The van der Waals surface area contributed by atoms with Crippen LogP contribution in [0.15, 0.2) is 167 Å². The fourth-order valence-corrected chi connectivity index (χ4v) is 8.85. The van der Waals surface area contributed by atoms with Gasteiger partial charge in [-0.25, -0.2) is 9.98 Å². The van der Waals surface area contributed by atoms with Gasteiger partial charge in [-0.2, -0.15) is 0 Å². The molecule has 5 nitrogen and oxygen atoms in total. The van der Waals surface area contributed by atoms with Gasteiger partial charge in [0.15, 0.2) is 5.84 Å². The van der Waals surface area contributed by atoms with E-state index in [4.69, 9.17) is 15.0 Å². The molecule has 2 atom stereocenters. The largest absolute Gasteiger partial charge is 0.333 e. The molecule has 10 rings (SSSR count). The second-order valence-electron chi connectivity index (χ2n) is 15.5. The van der Waals surface area contributed by atoms with E-state index in [-0.39, 0.29) is 11.6 Å². The van der Waals surface area contributed by atoms with Crippen LogP contribution >= 0.6 is 0 Å². The van der Waals surface area contributed by atoms with Gasteiger partial charge < -0.3 is 9.47 Å². The minimum Gasteiger partial charge on any atom is -0.333 e. The summed E-state index contributed by atoms with van der Waals surface area (Å²) in [6.07, 6.45) is 9.41. The van der Waals surface area contributed by atoms with E-state index in [1.807, 2.05) is 6.20 Å². The summed E-state index contributed by atoms with van der Waals surface area (Å²) in [6.45, 7) is 6.95. The van der Waals surface area contributed by atoms with Gasteiger partial charge in [0.25, 0.3) is 0 Å². The van der Waals surface area contributed by atoms with Crippen molar-refractivity contribution in [3.8, 4) is 27.9 Å². The van der Waals surface area contributed by atoms with Crippen molar-refractivity contribution in [3.05, 3.63) is 180 Å². The third-order valence-electron chi connectivity index (χ3n) is 11.7. The first-order chi connectivity index (χ1) is 26.3. The van der Waals surface area contributed by atoms with E-state index in [1.54, 1.807) is 0 Å². The van der Waals surface area contributed by atoms with Crippen LogP contribution in [0.5, 0.6) is 0 Å². The number of allylic oxidation sites excluding steroid dienone is 3. The zero-order valence-electron chi connectivity index (χ0n) is 31.0. The summed E-state index contributed by atoms with van der Waals surface area (Å²) in [5.41, 5.74) is 14.1. The Hall–Kier alpha value is -6.33. The Morgan fingerprint density at radius 2 is 1.43 bits per heavy atom. The highest BCUT2D eigenvalue weighted by molar-refractivity contribution is 6.13. The predicted octanol–water partition coefficient (Wildman–Crippen LogP) is 11.1. The molecule has 0 saturated heterocycles. The Labute approximate surface area is 316 Å². The number of nitrogens with zero attached hydrogens (tertiary/aromatic N) is 5. The summed E-state index contributed by atoms with van der Waals surface area (Å²) in [5.74, 6) is 1.99. The van der Waals surface area contributed by atoms with E-state index in [2.05, 4.69) is 183 Å². The zero-order chi connectivity index (χ0) is 36.6. The summed E-state index contributed by atoms with van der Waals surface area (Å²) in [6, 6.07) is 45.8. The molecule has 5 heteroatoms. The number of pyridine rings is 1. The lowest BCUT2D eigenvalue weighted by Gasteiger charge is -2.34. The highest BCUT2D eigenvalue weighted by Gasteiger charge is 2.36. The maximum absolute atomic E-state index is 5.28. The van der Waals surface area contributed by atoms with Crippen LogP contribution in [0, 0.1) is 5.92 Å². The number of aliphatic imine (C=N–C) groups is 2. The molecule has 0 N–H and O–H groups in total. The van der Waals surface area contributed by atoms with Gasteiger partial charge in [0.05, 0.1) is 22.9 Å². The highest BCUT2D eigenvalue weighted by Crippen LogP contribution is 2.51. The van der Waals surface area contributed by atoms with Crippen molar-refractivity contribution in [1.29, 1.82) is 0 Å². The topological polar surface area (TPSA) is 45.8 Å². The Kier molecular flexibility index (Phi) is 7.41. The summed E-state index contributed by atoms with van der Waals surface area (Å²) >= 11 is 0. The van der Waals surface area contributed by atoms with E-state index < -0.39 is 0 Å². The molecular formula is C49H41N5. The fraction of sp³-hybridized carbons (Fsp3) is 0.163. The lowest BCUT2D eigenvalue weighted by atomic mass is 9.82. The average molecular weight is 700 g/mol. The Bertz CT molecular complexity index is 2730. The molecular weight excluding hydrogens is 659 g/mol. The Morgan fingerprint density at radius 1 is 0.685 bits per heavy atom. The first-order valence-electron chi connectivity index (χ1n) is 18.9. The van der Waals surface area contributed by atoms with Crippen molar-refractivity contribution in [3.63, 3.8) is 0 Å². The summed E-state index contributed by atoms with van der Waals surface area (Å²) in [7, 11) is 2.11. The van der Waals surface area contributed by atoms with Crippen molar-refractivity contribution in [1.82, 2.24) is 14.5 Å². The van der Waals surface area contributed by atoms with Crippen LogP contribution in [-0.2, 0) is 5.41 Å². The van der Waals surface area contributed by atoms with E-state index in [9.17, 15) is 0 Å². The van der Waals surface area contributed by atoms with Gasteiger partial charge in [-0.05, 0) is 81.6 Å². The normalized spacial score (nSPS) is 18.7. The van der Waals surface area contributed by atoms with Gasteiger partial charge in [-0.1, -0.05) is 136 Å². The summed E-state index contributed by atoms with van der Waals surface area (Å²) in [4.78, 5) is 17.8. The minimum atomic E-state index is -0.179. The number of benzene rings is 5. The standard InChI is InChI=1S/C49H41N5/c1-31-13-12-16-35(27-31)48-52-46(51-47(53(48)4)34-23-21-33(22-24-34)32-14-6-5-7-15-32)43-26-25-36(30-50-43)54-44-20-11-9-18-38(44)40-28-39-37-17-8-10-19-41(37)49(2,3)42(39)29-45(40)54/h5-26,28-31,48H,27H2,1-4H3. The van der Waals surface area contributed by atoms with Crippen molar-refractivity contribution in [2.24, 2.45) is 15.9 Å². The number of likely N-dealkylation sites (N-methyl/N-ethyl adjacent to an activating group) is 1. The summed E-state index contributed by atoms with van der Waals surface area (Å²) in [5, 5.41) is 2.49. The van der Waals surface area contributed by atoms with Gasteiger partial charge in [-0.3, -0.25) is 4.98 Å². The molecule has 0 fully saturated rings. The SMILES string of the molecule is CC1C=CC=C(C2N=C(c3ccc(-n4c5ccccc5c5cc6c(cc54)C(C)(C)c4ccccc4-6)cn3)N=C(c3ccc(-c4ccccc4)cc3)N2C)C1. The van der Waals surface area contributed by atoms with Crippen molar-refractivity contribution in [2.45, 2.75) is 38.8 Å². The second-order valence-corrected chi connectivity index (χ2v) is 15.5. The van der Waals surface area contributed by atoms with Crippen LogP contribution < -0.4 is 0 Å². The molecule has 0 bridgehead atoms. The molecule has 7 aromatic rings. The molecule has 0 saturated carbocycles. The number of para-hydroxylation sites is 1. The first kappa shape index (κ1) is 32.3. The number of rotatable bonds is 5. The molecule has 3 heterocycles. The Balaban J connectivity index is 1.07. The highest BCUT2D eigenvalue weighted by atomic mass is 15.3. The van der Waals surface area contributed by atoms with E-state index in [1.165, 1.54) is 60.8 Å². The molecule has 1 aliphatic heterocycles. The lowest BCUT2D eigenvalue weighted by Crippen LogP contribution is -2.42. The quantitative estimate of drug-likeness (QED) is 0.180. The van der Waals surface area contributed by atoms with Crippen LogP contribution in [-0.4, -0.2) is 39.3 Å². The van der Waals surface area contributed by atoms with Gasteiger partial charge in [-0.15, -0.1) is 0 Å². The van der Waals surface area contributed by atoms with Gasteiger partial charge >= 0.3 is 0 Å². The third-order valence-corrected chi connectivity index (χ3v) is 11.7. The first-order valence-corrected chi connectivity index (χ1v) is 18.9. The van der Waals surface area contributed by atoms with Crippen LogP contribution in [0.1, 0.15) is 49.6 Å². The molecule has 5 aromatic carbocycles. The molecule has 54 heavy (non-hydrogen) atoms. The molecule has 3 aliphatic rings. The third kappa shape index (κ3) is 5.10. The van der Waals surface area contributed by atoms with Gasteiger partial charge in [0.1, 0.15) is 17.7 Å². The molecule has 2 unspecified atom stereocenters. The molecule has 0 radical (unpaired) electrons. The number of hydrogen-bond acceptors (Lipinski definition) is 4. The van der Waals surface area contributed by atoms with Crippen LogP contribution in [0.2, 0.25) is 0 Å². The van der Waals surface area contributed by atoms with Crippen LogP contribution in [0.25, 0.3) is 49.7 Å². The van der Waals surface area contributed by atoms with Gasteiger partial charge in [0, 0.05) is 28.8 Å². The molecule has 2 aromatic heterocycles. The van der Waals surface area contributed by atoms with Crippen molar-refractivity contribution < 1.29 is 0 Å². The predicted molar refractivity (Wildman–Crippen MR) is 224 cm³/mol. The maximum Gasteiger partial charge on any atom is 0.178 e. The molecule has 2 aliphatic carbocycles. The number of aromatic nitrogens is 2. The number of amidine groups is 2.